The maximum Gasteiger partial charge on any atom is 0.305 e. The molecule has 210 valence electrons. The van der Waals surface area contributed by atoms with Gasteiger partial charge in [-0.05, 0) is 51.4 Å². The number of halogens is 2. The molecule has 0 aromatic heterocycles. The summed E-state index contributed by atoms with van der Waals surface area (Å²) in [5, 5.41) is 20.5. The van der Waals surface area contributed by atoms with Crippen LogP contribution in [0.2, 0.25) is 0 Å². The van der Waals surface area contributed by atoms with Crippen molar-refractivity contribution in [2.24, 2.45) is 5.73 Å². The van der Waals surface area contributed by atoms with Crippen molar-refractivity contribution in [3.8, 4) is 0 Å². The van der Waals surface area contributed by atoms with E-state index < -0.39 is 12.0 Å². The summed E-state index contributed by atoms with van der Waals surface area (Å²) in [6, 6.07) is -0.325. The van der Waals surface area contributed by atoms with Crippen molar-refractivity contribution in [1.29, 1.82) is 5.41 Å². The van der Waals surface area contributed by atoms with Gasteiger partial charge in [0.25, 0.3) is 0 Å². The Kier molecular flexibility index (Phi) is 15.7. The van der Waals surface area contributed by atoms with Crippen LogP contribution in [0.3, 0.4) is 0 Å². The predicted molar refractivity (Wildman–Crippen MR) is 146 cm³/mol. The molecule has 36 heavy (non-hydrogen) atoms. The van der Waals surface area contributed by atoms with Gasteiger partial charge in [0.1, 0.15) is 0 Å². The first-order chi connectivity index (χ1) is 16.4. The van der Waals surface area contributed by atoms with Gasteiger partial charge in [-0.15, -0.1) is 24.8 Å². The molecule has 2 saturated heterocycles. The maximum atomic E-state index is 13.6. The van der Waals surface area contributed by atoms with E-state index in [1.54, 1.807) is 0 Å². The molecule has 3 fully saturated rings. The zero-order valence-electron chi connectivity index (χ0n) is 21.5. The van der Waals surface area contributed by atoms with Crippen molar-refractivity contribution in [3.05, 3.63) is 0 Å². The largest absolute Gasteiger partial charge is 0.481 e. The minimum absolute atomic E-state index is 0. The van der Waals surface area contributed by atoms with E-state index in [2.05, 4.69) is 5.32 Å². The Hall–Kier alpha value is -1.29. The van der Waals surface area contributed by atoms with E-state index >= 15 is 0 Å². The Balaban J connectivity index is 0.00000324. The Bertz CT molecular complexity index is 671. The topological polar surface area (TPSA) is 132 Å². The van der Waals surface area contributed by atoms with Crippen molar-refractivity contribution < 1.29 is 19.4 Å². The number of piperidine rings is 2. The number of carbonyl (C=O) groups excluding carboxylic acids is 1. The lowest BCUT2D eigenvalue weighted by atomic mass is 9.94. The summed E-state index contributed by atoms with van der Waals surface area (Å²) in [6.45, 7) is 2.79. The molecule has 1 saturated carbocycles. The van der Waals surface area contributed by atoms with Crippen LogP contribution < -0.4 is 11.1 Å². The summed E-state index contributed by atoms with van der Waals surface area (Å²) >= 11 is 0. The second-order valence-electron chi connectivity index (χ2n) is 10.3. The number of nitrogens with two attached hydrogens (primary N) is 1. The molecule has 3 rings (SSSR count). The van der Waals surface area contributed by atoms with Crippen molar-refractivity contribution >= 4 is 42.7 Å². The standard InChI is InChI=1S/C25H45N5O4.2ClH/c26-25(27)29-15-11-21(12-16-29)34-17-13-20-10-6-7-14-30(20)24(33)22(18-23(31)32)28-19-8-4-2-1-3-5-9-19;;/h19-22,28H,1-18H2,(H3,26,27)(H,31,32);2*1H/t20?,22-;;/m0../s1. The number of carbonyl (C=O) groups is 2. The van der Waals surface area contributed by atoms with Crippen LogP contribution in [0.25, 0.3) is 0 Å². The lowest BCUT2D eigenvalue weighted by molar-refractivity contribution is -0.145. The van der Waals surface area contributed by atoms with Gasteiger partial charge in [0, 0.05) is 38.3 Å². The van der Waals surface area contributed by atoms with Crippen molar-refractivity contribution in [3.63, 3.8) is 0 Å². The van der Waals surface area contributed by atoms with Gasteiger partial charge in [0.15, 0.2) is 5.96 Å². The number of carboxylic acid groups (broad SMARTS) is 1. The third kappa shape index (κ3) is 10.6. The van der Waals surface area contributed by atoms with Crippen molar-refractivity contribution in [2.75, 3.05) is 26.2 Å². The molecular formula is C25H47Cl2N5O4. The Labute approximate surface area is 228 Å². The summed E-state index contributed by atoms with van der Waals surface area (Å²) < 4.78 is 6.13. The van der Waals surface area contributed by atoms with Crippen LogP contribution in [0.1, 0.15) is 89.9 Å². The van der Waals surface area contributed by atoms with Crippen LogP contribution in [-0.2, 0) is 14.3 Å². The van der Waals surface area contributed by atoms with Crippen molar-refractivity contribution in [1.82, 2.24) is 15.1 Å². The number of amides is 1. The molecule has 2 heterocycles. The fourth-order valence-electron chi connectivity index (χ4n) is 5.72. The van der Waals surface area contributed by atoms with E-state index in [-0.39, 0.29) is 61.3 Å². The molecular weight excluding hydrogens is 505 g/mol. The average molecular weight is 553 g/mol. The lowest BCUT2D eigenvalue weighted by Crippen LogP contribution is -2.55. The molecule has 5 N–H and O–H groups in total. The molecule has 0 radical (unpaired) electrons. The molecule has 2 atom stereocenters. The van der Waals surface area contributed by atoms with Crippen LogP contribution in [-0.4, -0.2) is 83.2 Å². The van der Waals surface area contributed by atoms with Gasteiger partial charge < -0.3 is 30.7 Å². The molecule has 9 nitrogen and oxygen atoms in total. The van der Waals surface area contributed by atoms with Gasteiger partial charge in [-0.1, -0.05) is 32.1 Å². The first-order valence-corrected chi connectivity index (χ1v) is 13.4. The summed E-state index contributed by atoms with van der Waals surface area (Å²) in [7, 11) is 0. The smallest absolute Gasteiger partial charge is 0.305 e. The number of aliphatic carboxylic acids is 1. The quantitative estimate of drug-likeness (QED) is 0.254. The summed E-state index contributed by atoms with van der Waals surface area (Å²) in [4.78, 5) is 29.0. The van der Waals surface area contributed by atoms with E-state index in [0.29, 0.717) is 13.2 Å². The highest BCUT2D eigenvalue weighted by atomic mass is 35.5. The van der Waals surface area contributed by atoms with Gasteiger partial charge >= 0.3 is 5.97 Å². The molecule has 0 spiro atoms. The highest BCUT2D eigenvalue weighted by Gasteiger charge is 2.34. The maximum absolute atomic E-state index is 13.6. The highest BCUT2D eigenvalue weighted by Crippen LogP contribution is 2.24. The number of hydrogen-bond donors (Lipinski definition) is 4. The van der Waals surface area contributed by atoms with Gasteiger partial charge in [-0.3, -0.25) is 15.0 Å². The normalized spacial score (nSPS) is 22.9. The summed E-state index contributed by atoms with van der Waals surface area (Å²) in [5.74, 6) is -0.854. The summed E-state index contributed by atoms with van der Waals surface area (Å²) in [6.07, 6.45) is 13.5. The van der Waals surface area contributed by atoms with Crippen LogP contribution in [0.15, 0.2) is 0 Å². The third-order valence-corrected chi connectivity index (χ3v) is 7.72. The monoisotopic (exact) mass is 551 g/mol. The van der Waals surface area contributed by atoms with Crippen LogP contribution in [0, 0.1) is 5.41 Å². The molecule has 0 aromatic carbocycles. The molecule has 1 unspecified atom stereocenters. The molecule has 2 aliphatic heterocycles. The highest BCUT2D eigenvalue weighted by molar-refractivity contribution is 5.86. The number of carboxylic acids is 1. The Morgan fingerprint density at radius 3 is 2.17 bits per heavy atom. The zero-order chi connectivity index (χ0) is 24.3. The number of hydrogen-bond acceptors (Lipinski definition) is 5. The molecule has 1 aliphatic carbocycles. The van der Waals surface area contributed by atoms with Gasteiger partial charge in [0.2, 0.25) is 5.91 Å². The fraction of sp³-hybridized carbons (Fsp3) is 0.880. The van der Waals surface area contributed by atoms with E-state index in [9.17, 15) is 14.7 Å². The third-order valence-electron chi connectivity index (χ3n) is 7.72. The minimum atomic E-state index is -0.925. The van der Waals surface area contributed by atoms with E-state index in [1.807, 2.05) is 9.80 Å². The summed E-state index contributed by atoms with van der Waals surface area (Å²) in [5.41, 5.74) is 5.57. The number of nitrogens with one attached hydrogen (secondary N) is 2. The van der Waals surface area contributed by atoms with Gasteiger partial charge in [-0.25, -0.2) is 0 Å². The molecule has 0 bridgehead atoms. The van der Waals surface area contributed by atoms with Crippen LogP contribution in [0.5, 0.6) is 0 Å². The molecule has 1 amide bonds. The van der Waals surface area contributed by atoms with Gasteiger partial charge in [0.05, 0.1) is 18.6 Å². The minimum Gasteiger partial charge on any atom is -0.481 e. The molecule has 3 aliphatic rings. The second-order valence-corrected chi connectivity index (χ2v) is 10.3. The number of guanidine groups is 1. The number of nitrogens with zero attached hydrogens (tertiary/aromatic N) is 2. The first kappa shape index (κ1) is 32.7. The lowest BCUT2D eigenvalue weighted by Gasteiger charge is -2.39. The second kappa shape index (κ2) is 17.3. The predicted octanol–water partition coefficient (Wildman–Crippen LogP) is 3.52. The Morgan fingerprint density at radius 2 is 1.56 bits per heavy atom. The Morgan fingerprint density at radius 1 is 0.944 bits per heavy atom. The average Bonchev–Trinajstić information content (AvgIpc) is 2.80. The van der Waals surface area contributed by atoms with E-state index in [0.717, 1.165) is 77.3 Å². The SMILES string of the molecule is Cl.Cl.N=C(N)N1CCC(OCCC2CCCCN2C(=O)[C@H](CC(=O)O)NC2CCCCCCC2)CC1. The van der Waals surface area contributed by atoms with Gasteiger partial charge in [-0.2, -0.15) is 0 Å². The van der Waals surface area contributed by atoms with Crippen LogP contribution in [0.4, 0.5) is 0 Å². The zero-order valence-corrected chi connectivity index (χ0v) is 23.1. The van der Waals surface area contributed by atoms with E-state index in [1.165, 1.54) is 19.3 Å². The number of rotatable bonds is 9. The first-order valence-electron chi connectivity index (χ1n) is 13.4. The van der Waals surface area contributed by atoms with Crippen LogP contribution >= 0.6 is 24.8 Å². The van der Waals surface area contributed by atoms with Crippen molar-refractivity contribution in [2.45, 2.75) is 114 Å². The van der Waals surface area contributed by atoms with E-state index in [4.69, 9.17) is 15.9 Å². The fourth-order valence-corrected chi connectivity index (χ4v) is 5.72. The molecule has 11 heteroatoms. The number of likely N-dealkylation sites (tertiary alicyclic amines) is 2. The molecule has 0 aromatic rings. The number of ether oxygens (including phenoxy) is 1.